The van der Waals surface area contributed by atoms with Crippen LogP contribution < -0.4 is 0 Å². The number of phosphoric acid groups is 2. The van der Waals surface area contributed by atoms with Crippen molar-refractivity contribution < 1.29 is 80.2 Å². The summed E-state index contributed by atoms with van der Waals surface area (Å²) in [4.78, 5) is 72.8. The van der Waals surface area contributed by atoms with E-state index in [1.54, 1.807) is 0 Å². The number of hydrogen-bond donors (Lipinski definition) is 3. The monoisotopic (exact) mass is 1410 g/mol. The lowest BCUT2D eigenvalue weighted by atomic mass is 9.99. The average molecular weight is 1410 g/mol. The maximum absolute atomic E-state index is 13.1. The van der Waals surface area contributed by atoms with Gasteiger partial charge in [0.05, 0.1) is 26.4 Å². The Bertz CT molecular complexity index is 1890. The molecule has 0 aromatic carbocycles. The second kappa shape index (κ2) is 66.3. The molecule has 0 aliphatic carbocycles. The molecular weight excluding hydrogens is 1260 g/mol. The van der Waals surface area contributed by atoms with Crippen LogP contribution in [0.15, 0.2) is 0 Å². The van der Waals surface area contributed by atoms with Crippen molar-refractivity contribution in [2.75, 3.05) is 39.6 Å². The Hall–Kier alpha value is -1.94. The van der Waals surface area contributed by atoms with E-state index in [1.165, 1.54) is 193 Å². The number of aliphatic hydroxyl groups is 1. The third-order valence-corrected chi connectivity index (χ3v) is 20.1. The molecule has 0 aliphatic rings. The van der Waals surface area contributed by atoms with Gasteiger partial charge in [0, 0.05) is 25.7 Å². The van der Waals surface area contributed by atoms with E-state index >= 15 is 0 Å². The normalized spacial score (nSPS) is 14.4. The number of esters is 4. The van der Waals surface area contributed by atoms with Crippen molar-refractivity contribution in [1.82, 2.24) is 0 Å². The predicted molar refractivity (Wildman–Crippen MR) is 391 cm³/mol. The highest BCUT2D eigenvalue weighted by Gasteiger charge is 2.30. The van der Waals surface area contributed by atoms with Gasteiger partial charge in [-0.2, -0.15) is 0 Å². The predicted octanol–water partition coefficient (Wildman–Crippen LogP) is 22.4. The fourth-order valence-corrected chi connectivity index (χ4v) is 13.3. The second-order valence-electron chi connectivity index (χ2n) is 29.4. The molecule has 0 amide bonds. The summed E-state index contributed by atoms with van der Waals surface area (Å²) in [5, 5.41) is 10.6. The minimum atomic E-state index is -4.96. The van der Waals surface area contributed by atoms with Gasteiger partial charge < -0.3 is 33.8 Å². The van der Waals surface area contributed by atoms with E-state index in [1.807, 2.05) is 0 Å². The van der Waals surface area contributed by atoms with E-state index in [0.29, 0.717) is 31.6 Å². The summed E-state index contributed by atoms with van der Waals surface area (Å²) in [7, 11) is -9.91. The summed E-state index contributed by atoms with van der Waals surface area (Å²) < 4.78 is 68.5. The van der Waals surface area contributed by atoms with Crippen molar-refractivity contribution >= 4 is 39.5 Å². The zero-order valence-electron chi connectivity index (χ0n) is 63.0. The fraction of sp³-hybridized carbons (Fsp3) is 0.948. The van der Waals surface area contributed by atoms with Crippen LogP contribution in [0.25, 0.3) is 0 Å². The zero-order chi connectivity index (χ0) is 71.0. The van der Waals surface area contributed by atoms with Crippen LogP contribution in [0, 0.1) is 23.7 Å². The molecule has 0 spiro atoms. The Morgan fingerprint density at radius 2 is 0.500 bits per heavy atom. The highest BCUT2D eigenvalue weighted by Crippen LogP contribution is 2.45. The summed E-state index contributed by atoms with van der Waals surface area (Å²) in [6.45, 7) is 14.2. The zero-order valence-corrected chi connectivity index (χ0v) is 64.8. The van der Waals surface area contributed by atoms with Crippen molar-refractivity contribution in [3.8, 4) is 0 Å². The average Bonchev–Trinajstić information content (AvgIpc) is 1.09. The summed E-state index contributed by atoms with van der Waals surface area (Å²) in [5.74, 6) is 0.924. The summed E-state index contributed by atoms with van der Waals surface area (Å²) in [6.07, 6.45) is 51.6. The highest BCUT2D eigenvalue weighted by atomic mass is 31.2. The topological polar surface area (TPSA) is 237 Å². The number of unbranched alkanes of at least 4 members (excludes halogenated alkanes) is 39. The van der Waals surface area contributed by atoms with Crippen LogP contribution in [0.1, 0.15) is 389 Å². The van der Waals surface area contributed by atoms with Crippen molar-refractivity contribution in [3.05, 3.63) is 0 Å². The summed E-state index contributed by atoms with van der Waals surface area (Å²) in [6, 6.07) is 0. The van der Waals surface area contributed by atoms with Gasteiger partial charge in [-0.3, -0.25) is 37.3 Å². The van der Waals surface area contributed by atoms with Gasteiger partial charge in [-0.05, 0) is 49.4 Å². The first-order valence-corrected chi connectivity index (χ1v) is 42.7. The van der Waals surface area contributed by atoms with E-state index in [-0.39, 0.29) is 25.7 Å². The lowest BCUT2D eigenvalue weighted by Gasteiger charge is -2.21. The standard InChI is InChI=1S/C77H150O17P2/c1-9-70(8)56-48-40-32-23-18-16-14-12-10-11-13-15-17-19-24-33-41-49-57-74(79)87-63-72(93-76(81)59-51-43-35-25-21-20-22-29-37-45-53-67(2)3)65-91-95(83,84)89-61-71(78)62-90-96(85,86)92-66-73(94-77(82)60-52-44-36-28-31-39-47-55-69(6)7)64-88-75(80)58-50-42-34-27-26-30-38-46-54-68(4)5/h67-73,78H,9-66H2,1-8H3,(H,83,84)(H,85,86)/t70?,71?,72-,73-/m1/s1. The van der Waals surface area contributed by atoms with Gasteiger partial charge in [-0.25, -0.2) is 9.13 Å². The molecule has 0 bridgehead atoms. The third kappa shape index (κ3) is 69.2. The van der Waals surface area contributed by atoms with E-state index < -0.39 is 97.5 Å². The summed E-state index contributed by atoms with van der Waals surface area (Å²) >= 11 is 0. The first-order chi connectivity index (χ1) is 46.1. The Labute approximate surface area is 588 Å². The second-order valence-corrected chi connectivity index (χ2v) is 32.3. The molecule has 0 saturated heterocycles. The van der Waals surface area contributed by atoms with Gasteiger partial charge in [0.2, 0.25) is 0 Å². The smallest absolute Gasteiger partial charge is 0.462 e. The molecule has 0 aliphatic heterocycles. The number of carbonyl (C=O) groups excluding carboxylic acids is 4. The molecule has 0 saturated carbocycles. The first-order valence-electron chi connectivity index (χ1n) is 39.7. The van der Waals surface area contributed by atoms with Crippen LogP contribution in [-0.4, -0.2) is 96.7 Å². The molecule has 0 fully saturated rings. The van der Waals surface area contributed by atoms with Crippen molar-refractivity contribution in [2.45, 2.75) is 408 Å². The minimum absolute atomic E-state index is 0.103. The van der Waals surface area contributed by atoms with Crippen molar-refractivity contribution in [2.24, 2.45) is 23.7 Å². The van der Waals surface area contributed by atoms with E-state index in [0.717, 1.165) is 108 Å². The van der Waals surface area contributed by atoms with Gasteiger partial charge in [-0.1, -0.05) is 338 Å². The quantitative estimate of drug-likeness (QED) is 0.0222. The molecule has 0 aromatic rings. The fourth-order valence-electron chi connectivity index (χ4n) is 11.7. The van der Waals surface area contributed by atoms with Gasteiger partial charge >= 0.3 is 39.5 Å². The van der Waals surface area contributed by atoms with Gasteiger partial charge in [0.1, 0.15) is 19.3 Å². The number of rotatable bonds is 74. The number of phosphoric ester groups is 2. The molecule has 0 radical (unpaired) electrons. The number of carbonyl (C=O) groups is 4. The summed E-state index contributed by atoms with van der Waals surface area (Å²) in [5.41, 5.74) is 0. The van der Waals surface area contributed by atoms with Gasteiger partial charge in [0.25, 0.3) is 0 Å². The molecule has 96 heavy (non-hydrogen) atoms. The molecule has 6 atom stereocenters. The molecule has 3 N–H and O–H groups in total. The Balaban J connectivity index is 5.16. The third-order valence-electron chi connectivity index (χ3n) is 18.2. The maximum atomic E-state index is 13.1. The number of aliphatic hydroxyl groups excluding tert-OH is 1. The van der Waals surface area contributed by atoms with Crippen molar-refractivity contribution in [3.63, 3.8) is 0 Å². The SMILES string of the molecule is CCC(C)CCCCCCCCCCCCCCCCCCCCC(=O)OC[C@H](COP(=O)(O)OCC(O)COP(=O)(O)OC[C@@H](COC(=O)CCCCCCCCCCC(C)C)OC(=O)CCCCCCCCCC(C)C)OC(=O)CCCCCCCCCCCCC(C)C. The van der Waals surface area contributed by atoms with E-state index in [4.69, 9.17) is 37.0 Å². The van der Waals surface area contributed by atoms with Crippen LogP contribution in [-0.2, 0) is 65.4 Å². The molecule has 0 aromatic heterocycles. The van der Waals surface area contributed by atoms with Crippen LogP contribution in [0.3, 0.4) is 0 Å². The molecule has 17 nitrogen and oxygen atoms in total. The van der Waals surface area contributed by atoms with Gasteiger partial charge in [0.15, 0.2) is 12.2 Å². The van der Waals surface area contributed by atoms with Gasteiger partial charge in [-0.15, -0.1) is 0 Å². The van der Waals surface area contributed by atoms with E-state index in [9.17, 15) is 43.2 Å². The molecule has 570 valence electrons. The molecule has 0 rings (SSSR count). The molecular formula is C77H150O17P2. The highest BCUT2D eigenvalue weighted by molar-refractivity contribution is 7.47. The molecule has 4 unspecified atom stereocenters. The Morgan fingerprint density at radius 3 is 0.740 bits per heavy atom. The Kier molecular flexibility index (Phi) is 65.0. The van der Waals surface area contributed by atoms with Crippen LogP contribution >= 0.6 is 15.6 Å². The van der Waals surface area contributed by atoms with Crippen LogP contribution in [0.2, 0.25) is 0 Å². The minimum Gasteiger partial charge on any atom is -0.462 e. The van der Waals surface area contributed by atoms with Crippen molar-refractivity contribution in [1.29, 1.82) is 0 Å². The maximum Gasteiger partial charge on any atom is 0.472 e. The van der Waals surface area contributed by atoms with E-state index in [2.05, 4.69) is 55.4 Å². The number of ether oxygens (including phenoxy) is 4. The Morgan fingerprint density at radius 1 is 0.292 bits per heavy atom. The molecule has 19 heteroatoms. The molecule has 0 heterocycles. The largest absolute Gasteiger partial charge is 0.472 e. The number of hydrogen-bond acceptors (Lipinski definition) is 15. The van der Waals surface area contributed by atoms with Crippen LogP contribution in [0.4, 0.5) is 0 Å². The lowest BCUT2D eigenvalue weighted by molar-refractivity contribution is -0.161. The lowest BCUT2D eigenvalue weighted by Crippen LogP contribution is -2.30. The first kappa shape index (κ1) is 94.1. The van der Waals surface area contributed by atoms with Crippen LogP contribution in [0.5, 0.6) is 0 Å².